The van der Waals surface area contributed by atoms with Crippen LogP contribution in [0.15, 0.2) is 0 Å². The molecule has 1 fully saturated rings. The number of carbonyl (C=O) groups excluding carboxylic acids is 2. The highest BCUT2D eigenvalue weighted by molar-refractivity contribution is 5.80. The Bertz CT molecular complexity index is 281. The predicted molar refractivity (Wildman–Crippen MR) is 72.1 cm³/mol. The van der Waals surface area contributed by atoms with Gasteiger partial charge in [-0.25, -0.2) is 0 Å². The number of hydrogen-bond donors (Lipinski definition) is 0. The molecule has 0 aromatic carbocycles. The van der Waals surface area contributed by atoms with E-state index < -0.39 is 0 Å². The maximum atomic E-state index is 12.0. The topological polar surface area (TPSA) is 40.6 Å². The molecule has 1 saturated carbocycles. The Hall–Kier alpha value is -1.06. The standard InChI is InChI=1S/C14H26N2O2/c1-15(2)12(17)10-14(8-6-5-7-9-14)11-13(18)16(3)4/h5-11H2,1-4H3. The van der Waals surface area contributed by atoms with Gasteiger partial charge < -0.3 is 9.80 Å². The largest absolute Gasteiger partial charge is 0.349 e. The molecule has 0 heterocycles. The Morgan fingerprint density at radius 3 is 1.56 bits per heavy atom. The average molecular weight is 254 g/mol. The first-order chi connectivity index (χ1) is 8.36. The minimum Gasteiger partial charge on any atom is -0.349 e. The summed E-state index contributed by atoms with van der Waals surface area (Å²) < 4.78 is 0. The zero-order valence-corrected chi connectivity index (χ0v) is 12.2. The van der Waals surface area contributed by atoms with Crippen molar-refractivity contribution in [1.82, 2.24) is 9.80 Å². The molecule has 2 amide bonds. The van der Waals surface area contributed by atoms with Crippen molar-refractivity contribution in [3.05, 3.63) is 0 Å². The fourth-order valence-electron chi connectivity index (χ4n) is 2.68. The van der Waals surface area contributed by atoms with Gasteiger partial charge in [0.2, 0.25) is 11.8 Å². The van der Waals surface area contributed by atoms with E-state index in [4.69, 9.17) is 0 Å². The first kappa shape index (κ1) is 15.0. The van der Waals surface area contributed by atoms with Crippen LogP contribution in [0.5, 0.6) is 0 Å². The fraction of sp³-hybridized carbons (Fsp3) is 0.857. The lowest BCUT2D eigenvalue weighted by atomic mass is 9.69. The molecule has 0 atom stereocenters. The molecule has 0 N–H and O–H groups in total. The molecule has 104 valence electrons. The molecule has 0 spiro atoms. The van der Waals surface area contributed by atoms with E-state index in [0.29, 0.717) is 12.8 Å². The van der Waals surface area contributed by atoms with Crippen LogP contribution >= 0.6 is 0 Å². The summed E-state index contributed by atoms with van der Waals surface area (Å²) in [6.07, 6.45) is 6.55. The van der Waals surface area contributed by atoms with Gasteiger partial charge in [-0.05, 0) is 18.3 Å². The van der Waals surface area contributed by atoms with Crippen molar-refractivity contribution in [3.63, 3.8) is 0 Å². The summed E-state index contributed by atoms with van der Waals surface area (Å²) in [7, 11) is 7.14. The molecule has 4 nitrogen and oxygen atoms in total. The van der Waals surface area contributed by atoms with E-state index in [1.165, 1.54) is 6.42 Å². The molecule has 0 saturated heterocycles. The van der Waals surface area contributed by atoms with E-state index in [1.807, 2.05) is 0 Å². The van der Waals surface area contributed by atoms with E-state index in [9.17, 15) is 9.59 Å². The van der Waals surface area contributed by atoms with Crippen molar-refractivity contribution in [1.29, 1.82) is 0 Å². The van der Waals surface area contributed by atoms with E-state index >= 15 is 0 Å². The maximum Gasteiger partial charge on any atom is 0.222 e. The SMILES string of the molecule is CN(C)C(=O)CC1(CC(=O)N(C)C)CCCCC1. The summed E-state index contributed by atoms with van der Waals surface area (Å²) in [6, 6.07) is 0. The second-order valence-corrected chi connectivity index (χ2v) is 5.99. The maximum absolute atomic E-state index is 12.0. The van der Waals surface area contributed by atoms with Gasteiger partial charge in [0, 0.05) is 41.0 Å². The van der Waals surface area contributed by atoms with E-state index in [-0.39, 0.29) is 17.2 Å². The Labute approximate surface area is 110 Å². The minimum absolute atomic E-state index is 0.0963. The molecule has 0 unspecified atom stereocenters. The van der Waals surface area contributed by atoms with Crippen LogP contribution in [0.2, 0.25) is 0 Å². The monoisotopic (exact) mass is 254 g/mol. The first-order valence-electron chi connectivity index (χ1n) is 6.77. The number of amides is 2. The van der Waals surface area contributed by atoms with Crippen molar-refractivity contribution < 1.29 is 9.59 Å². The van der Waals surface area contributed by atoms with Crippen molar-refractivity contribution >= 4 is 11.8 Å². The molecule has 1 aliphatic rings. The highest BCUT2D eigenvalue weighted by Gasteiger charge is 2.37. The molecule has 18 heavy (non-hydrogen) atoms. The lowest BCUT2D eigenvalue weighted by molar-refractivity contribution is -0.136. The van der Waals surface area contributed by atoms with E-state index in [1.54, 1.807) is 38.0 Å². The Morgan fingerprint density at radius 1 is 0.833 bits per heavy atom. The van der Waals surface area contributed by atoms with Crippen LogP contribution < -0.4 is 0 Å². The summed E-state index contributed by atoms with van der Waals surface area (Å²) in [5.74, 6) is 0.284. The van der Waals surface area contributed by atoms with Gasteiger partial charge in [-0.15, -0.1) is 0 Å². The summed E-state index contributed by atoms with van der Waals surface area (Å²) in [5, 5.41) is 0. The van der Waals surface area contributed by atoms with Crippen molar-refractivity contribution in [2.75, 3.05) is 28.2 Å². The zero-order valence-electron chi connectivity index (χ0n) is 12.2. The van der Waals surface area contributed by atoms with Gasteiger partial charge in [0.05, 0.1) is 0 Å². The lowest BCUT2D eigenvalue weighted by Gasteiger charge is -2.37. The van der Waals surface area contributed by atoms with Crippen LogP contribution in [0.25, 0.3) is 0 Å². The second-order valence-electron chi connectivity index (χ2n) is 5.99. The average Bonchev–Trinajstić information content (AvgIpc) is 2.29. The van der Waals surface area contributed by atoms with Crippen LogP contribution in [-0.4, -0.2) is 49.8 Å². The quantitative estimate of drug-likeness (QED) is 0.768. The van der Waals surface area contributed by atoms with Crippen molar-refractivity contribution in [3.8, 4) is 0 Å². The zero-order chi connectivity index (χ0) is 13.8. The summed E-state index contributed by atoms with van der Waals surface area (Å²) >= 11 is 0. The third-order valence-electron chi connectivity index (χ3n) is 3.96. The van der Waals surface area contributed by atoms with Crippen molar-refractivity contribution in [2.45, 2.75) is 44.9 Å². The number of hydrogen-bond acceptors (Lipinski definition) is 2. The summed E-state index contributed by atoms with van der Waals surface area (Å²) in [6.45, 7) is 0. The van der Waals surface area contributed by atoms with Crippen LogP contribution in [0, 0.1) is 5.41 Å². The fourth-order valence-corrected chi connectivity index (χ4v) is 2.68. The Balaban J connectivity index is 2.75. The van der Waals surface area contributed by atoms with Crippen LogP contribution in [-0.2, 0) is 9.59 Å². The van der Waals surface area contributed by atoms with Gasteiger partial charge in [-0.1, -0.05) is 19.3 Å². The van der Waals surface area contributed by atoms with Crippen molar-refractivity contribution in [2.24, 2.45) is 5.41 Å². The molecule has 1 rings (SSSR count). The third-order valence-corrected chi connectivity index (χ3v) is 3.96. The molecular formula is C14H26N2O2. The molecule has 0 aliphatic heterocycles. The summed E-state index contributed by atoms with van der Waals surface area (Å²) in [4.78, 5) is 27.2. The van der Waals surface area contributed by atoms with Gasteiger partial charge in [-0.3, -0.25) is 9.59 Å². The van der Waals surface area contributed by atoms with Crippen LogP contribution in [0.1, 0.15) is 44.9 Å². The lowest BCUT2D eigenvalue weighted by Crippen LogP contribution is -2.37. The first-order valence-corrected chi connectivity index (χ1v) is 6.77. The number of nitrogens with zero attached hydrogens (tertiary/aromatic N) is 2. The Kier molecular flexibility index (Phi) is 5.17. The minimum atomic E-state index is -0.0963. The van der Waals surface area contributed by atoms with Gasteiger partial charge in [0.15, 0.2) is 0 Å². The van der Waals surface area contributed by atoms with Gasteiger partial charge in [-0.2, -0.15) is 0 Å². The Morgan fingerprint density at radius 2 is 1.22 bits per heavy atom. The summed E-state index contributed by atoms with van der Waals surface area (Å²) in [5.41, 5.74) is -0.0963. The van der Waals surface area contributed by atoms with E-state index in [0.717, 1.165) is 25.7 Å². The van der Waals surface area contributed by atoms with Gasteiger partial charge >= 0.3 is 0 Å². The van der Waals surface area contributed by atoms with Gasteiger partial charge in [0.25, 0.3) is 0 Å². The third kappa shape index (κ3) is 4.00. The molecular weight excluding hydrogens is 228 g/mol. The predicted octanol–water partition coefficient (Wildman–Crippen LogP) is 1.89. The second kappa shape index (κ2) is 6.21. The van der Waals surface area contributed by atoms with E-state index in [2.05, 4.69) is 0 Å². The van der Waals surface area contributed by atoms with Crippen LogP contribution in [0.3, 0.4) is 0 Å². The molecule has 0 aromatic rings. The molecule has 0 radical (unpaired) electrons. The van der Waals surface area contributed by atoms with Gasteiger partial charge in [0.1, 0.15) is 0 Å². The number of rotatable bonds is 4. The number of carbonyl (C=O) groups is 2. The molecule has 4 heteroatoms. The highest BCUT2D eigenvalue weighted by atomic mass is 16.2. The molecule has 0 bridgehead atoms. The molecule has 1 aliphatic carbocycles. The normalized spacial score (nSPS) is 18.2. The van der Waals surface area contributed by atoms with Crippen LogP contribution in [0.4, 0.5) is 0 Å². The molecule has 0 aromatic heterocycles. The highest BCUT2D eigenvalue weighted by Crippen LogP contribution is 2.42. The smallest absolute Gasteiger partial charge is 0.222 e.